The number of nitrogens with zero attached hydrogens (tertiary/aromatic N) is 1. The van der Waals surface area contributed by atoms with Crippen molar-refractivity contribution in [3.8, 4) is 0 Å². The van der Waals surface area contributed by atoms with Gasteiger partial charge < -0.3 is 10.8 Å². The minimum Gasteiger partial charge on any atom is -0.479 e. The van der Waals surface area contributed by atoms with Crippen LogP contribution in [0.3, 0.4) is 0 Å². The number of amides is 3. The quantitative estimate of drug-likeness (QED) is 0.901. The zero-order chi connectivity index (χ0) is 16.1. The molecule has 0 bridgehead atoms. The molecular formula is C16H14N2O4. The predicted octanol–water partition coefficient (Wildman–Crippen LogP) is 2.03. The van der Waals surface area contributed by atoms with Gasteiger partial charge in [0.1, 0.15) is 0 Å². The average molecular weight is 298 g/mol. The van der Waals surface area contributed by atoms with Gasteiger partial charge in [0.15, 0.2) is 6.04 Å². The van der Waals surface area contributed by atoms with Crippen LogP contribution >= 0.6 is 0 Å². The second-order valence-corrected chi connectivity index (χ2v) is 4.53. The SMILES string of the molecule is NC(=O)N(C(=O)c1ccccc1)C(C(=O)O)c1ccccc1. The fourth-order valence-corrected chi connectivity index (χ4v) is 2.10. The molecule has 0 aliphatic heterocycles. The Morgan fingerprint density at radius 2 is 1.41 bits per heavy atom. The fraction of sp³-hybridized carbons (Fsp3) is 0.0625. The Labute approximate surface area is 126 Å². The normalized spacial score (nSPS) is 11.5. The van der Waals surface area contributed by atoms with Crippen molar-refractivity contribution in [1.82, 2.24) is 4.90 Å². The van der Waals surface area contributed by atoms with Crippen LogP contribution in [0.15, 0.2) is 60.7 Å². The summed E-state index contributed by atoms with van der Waals surface area (Å²) in [7, 11) is 0. The van der Waals surface area contributed by atoms with Crippen LogP contribution in [0.2, 0.25) is 0 Å². The monoisotopic (exact) mass is 298 g/mol. The molecule has 6 heteroatoms. The maximum atomic E-state index is 12.5. The van der Waals surface area contributed by atoms with Gasteiger partial charge in [0.05, 0.1) is 0 Å². The van der Waals surface area contributed by atoms with Crippen LogP contribution < -0.4 is 5.73 Å². The fourth-order valence-electron chi connectivity index (χ4n) is 2.10. The van der Waals surface area contributed by atoms with Crippen LogP contribution in [0.5, 0.6) is 0 Å². The van der Waals surface area contributed by atoms with Gasteiger partial charge in [0.25, 0.3) is 5.91 Å². The molecule has 112 valence electrons. The van der Waals surface area contributed by atoms with Gasteiger partial charge >= 0.3 is 12.0 Å². The molecule has 0 fully saturated rings. The minimum atomic E-state index is -1.48. The largest absolute Gasteiger partial charge is 0.479 e. The van der Waals surface area contributed by atoms with Crippen molar-refractivity contribution in [3.63, 3.8) is 0 Å². The van der Waals surface area contributed by atoms with E-state index in [9.17, 15) is 19.5 Å². The number of hydrogen-bond donors (Lipinski definition) is 2. The van der Waals surface area contributed by atoms with Crippen molar-refractivity contribution in [2.75, 3.05) is 0 Å². The zero-order valence-electron chi connectivity index (χ0n) is 11.5. The first-order valence-electron chi connectivity index (χ1n) is 6.48. The van der Waals surface area contributed by atoms with E-state index in [1.807, 2.05) is 0 Å². The highest BCUT2D eigenvalue weighted by Gasteiger charge is 2.35. The molecular weight excluding hydrogens is 284 g/mol. The maximum Gasteiger partial charge on any atom is 0.331 e. The number of carboxylic acids is 1. The van der Waals surface area contributed by atoms with E-state index in [-0.39, 0.29) is 11.1 Å². The predicted molar refractivity (Wildman–Crippen MR) is 79.0 cm³/mol. The molecule has 3 amide bonds. The van der Waals surface area contributed by atoms with Gasteiger partial charge in [-0.05, 0) is 17.7 Å². The molecule has 2 rings (SSSR count). The molecule has 0 aliphatic rings. The molecule has 0 saturated heterocycles. The summed E-state index contributed by atoms with van der Waals surface area (Å²) in [6.45, 7) is 0. The third kappa shape index (κ3) is 3.12. The number of urea groups is 1. The van der Waals surface area contributed by atoms with Gasteiger partial charge in [-0.3, -0.25) is 4.79 Å². The van der Waals surface area contributed by atoms with Crippen molar-refractivity contribution in [2.24, 2.45) is 5.73 Å². The lowest BCUT2D eigenvalue weighted by Gasteiger charge is -2.25. The van der Waals surface area contributed by atoms with E-state index in [0.717, 1.165) is 0 Å². The number of primary amides is 1. The summed E-state index contributed by atoms with van der Waals surface area (Å²) in [5.41, 5.74) is 5.73. The van der Waals surface area contributed by atoms with Gasteiger partial charge in [-0.15, -0.1) is 0 Å². The zero-order valence-corrected chi connectivity index (χ0v) is 11.5. The maximum absolute atomic E-state index is 12.5. The molecule has 0 heterocycles. The molecule has 2 aromatic carbocycles. The van der Waals surface area contributed by atoms with Crippen molar-refractivity contribution < 1.29 is 19.5 Å². The molecule has 0 aromatic heterocycles. The molecule has 2 aromatic rings. The number of carboxylic acid groups (broad SMARTS) is 1. The van der Waals surface area contributed by atoms with E-state index < -0.39 is 23.9 Å². The molecule has 0 spiro atoms. The number of carbonyl (C=O) groups excluding carboxylic acids is 2. The van der Waals surface area contributed by atoms with Crippen LogP contribution in [-0.4, -0.2) is 27.9 Å². The number of carbonyl (C=O) groups is 3. The van der Waals surface area contributed by atoms with E-state index in [4.69, 9.17) is 5.73 Å². The summed E-state index contributed by atoms with van der Waals surface area (Å²) >= 11 is 0. The first kappa shape index (κ1) is 15.2. The van der Waals surface area contributed by atoms with E-state index in [0.29, 0.717) is 4.90 Å². The standard InChI is InChI=1S/C16H14N2O4/c17-16(22)18(14(19)12-9-5-2-6-10-12)13(15(20)21)11-7-3-1-4-8-11/h1-10,13H,(H2,17,22)(H,20,21). The lowest BCUT2D eigenvalue weighted by Crippen LogP contribution is -2.46. The Morgan fingerprint density at radius 3 is 1.86 bits per heavy atom. The summed E-state index contributed by atoms with van der Waals surface area (Å²) in [4.78, 5) is 36.3. The summed E-state index contributed by atoms with van der Waals surface area (Å²) in [5, 5.41) is 9.44. The second-order valence-electron chi connectivity index (χ2n) is 4.53. The Morgan fingerprint density at radius 1 is 0.909 bits per heavy atom. The van der Waals surface area contributed by atoms with E-state index in [1.165, 1.54) is 24.3 Å². The summed E-state index contributed by atoms with van der Waals surface area (Å²) in [6.07, 6.45) is 0. The van der Waals surface area contributed by atoms with Crippen LogP contribution in [0.1, 0.15) is 22.0 Å². The molecule has 1 unspecified atom stereocenters. The van der Waals surface area contributed by atoms with Crippen molar-refractivity contribution >= 4 is 17.9 Å². The van der Waals surface area contributed by atoms with Gasteiger partial charge in [0.2, 0.25) is 0 Å². The molecule has 6 nitrogen and oxygen atoms in total. The highest BCUT2D eigenvalue weighted by molar-refractivity contribution is 6.06. The van der Waals surface area contributed by atoms with Gasteiger partial charge in [0, 0.05) is 5.56 Å². The summed E-state index contributed by atoms with van der Waals surface area (Å²) in [6, 6.07) is 13.3. The number of benzene rings is 2. The molecule has 0 radical (unpaired) electrons. The summed E-state index contributed by atoms with van der Waals surface area (Å²) < 4.78 is 0. The average Bonchev–Trinajstić information content (AvgIpc) is 2.52. The number of nitrogens with two attached hydrogens (primary N) is 1. The van der Waals surface area contributed by atoms with E-state index in [2.05, 4.69) is 0 Å². The molecule has 22 heavy (non-hydrogen) atoms. The van der Waals surface area contributed by atoms with Crippen LogP contribution in [-0.2, 0) is 4.79 Å². The molecule has 1 atom stereocenters. The Hall–Kier alpha value is -3.15. The number of rotatable bonds is 4. The van der Waals surface area contributed by atoms with Gasteiger partial charge in [-0.25, -0.2) is 14.5 Å². The third-order valence-corrected chi connectivity index (χ3v) is 3.08. The summed E-state index contributed by atoms with van der Waals surface area (Å²) in [5.74, 6) is -2.10. The topological polar surface area (TPSA) is 101 Å². The minimum absolute atomic E-state index is 0.184. The van der Waals surface area contributed by atoms with Crippen LogP contribution in [0.4, 0.5) is 4.79 Å². The van der Waals surface area contributed by atoms with E-state index >= 15 is 0 Å². The van der Waals surface area contributed by atoms with Crippen molar-refractivity contribution in [3.05, 3.63) is 71.8 Å². The lowest BCUT2D eigenvalue weighted by atomic mass is 10.0. The Bertz CT molecular complexity index is 686. The second kappa shape index (κ2) is 6.53. The Kier molecular flexibility index (Phi) is 4.53. The van der Waals surface area contributed by atoms with Gasteiger partial charge in [-0.2, -0.15) is 0 Å². The number of aliphatic carboxylic acids is 1. The number of imide groups is 1. The van der Waals surface area contributed by atoms with Crippen molar-refractivity contribution in [2.45, 2.75) is 6.04 Å². The first-order valence-corrected chi connectivity index (χ1v) is 6.48. The van der Waals surface area contributed by atoms with Crippen LogP contribution in [0, 0.1) is 0 Å². The lowest BCUT2D eigenvalue weighted by molar-refractivity contribution is -0.141. The Balaban J connectivity index is 2.47. The first-order chi connectivity index (χ1) is 10.5. The number of hydrogen-bond acceptors (Lipinski definition) is 3. The smallest absolute Gasteiger partial charge is 0.331 e. The highest BCUT2D eigenvalue weighted by atomic mass is 16.4. The molecule has 0 aliphatic carbocycles. The van der Waals surface area contributed by atoms with Crippen molar-refractivity contribution in [1.29, 1.82) is 0 Å². The van der Waals surface area contributed by atoms with Crippen LogP contribution in [0.25, 0.3) is 0 Å². The van der Waals surface area contributed by atoms with E-state index in [1.54, 1.807) is 36.4 Å². The molecule has 3 N–H and O–H groups in total. The molecule has 0 saturated carbocycles. The highest BCUT2D eigenvalue weighted by Crippen LogP contribution is 2.23. The third-order valence-electron chi connectivity index (χ3n) is 3.08. The van der Waals surface area contributed by atoms with Gasteiger partial charge in [-0.1, -0.05) is 48.5 Å².